The minimum atomic E-state index is -0.0646. The average molecular weight is 328 g/mol. The molecule has 1 fully saturated rings. The SMILES string of the molecule is CNC(=O)c1ccc([C@H]2CCCCN2Cc2nccc(N)n2)n1C. The van der Waals surface area contributed by atoms with E-state index in [1.54, 1.807) is 19.3 Å². The second-order valence-electron chi connectivity index (χ2n) is 6.16. The Morgan fingerprint density at radius 3 is 2.96 bits per heavy atom. The van der Waals surface area contributed by atoms with Crippen LogP contribution in [-0.4, -0.2) is 38.9 Å². The molecule has 2 aromatic rings. The second kappa shape index (κ2) is 7.00. The Bertz CT molecular complexity index is 726. The summed E-state index contributed by atoms with van der Waals surface area (Å²) in [5.74, 6) is 1.17. The predicted octanol–water partition coefficient (Wildman–Crippen LogP) is 1.48. The molecule has 0 bridgehead atoms. The van der Waals surface area contributed by atoms with Crippen molar-refractivity contribution in [3.8, 4) is 0 Å². The van der Waals surface area contributed by atoms with Gasteiger partial charge in [0.1, 0.15) is 17.3 Å². The highest BCUT2D eigenvalue weighted by Gasteiger charge is 2.27. The molecule has 1 aliphatic rings. The van der Waals surface area contributed by atoms with Crippen LogP contribution in [0.25, 0.3) is 0 Å². The molecule has 7 nitrogen and oxygen atoms in total. The molecule has 2 aromatic heterocycles. The molecule has 0 aliphatic carbocycles. The van der Waals surface area contributed by atoms with Crippen LogP contribution in [0.4, 0.5) is 5.82 Å². The summed E-state index contributed by atoms with van der Waals surface area (Å²) < 4.78 is 1.99. The van der Waals surface area contributed by atoms with E-state index in [1.165, 1.54) is 6.42 Å². The van der Waals surface area contributed by atoms with Crippen LogP contribution in [0, 0.1) is 0 Å². The minimum absolute atomic E-state index is 0.0646. The molecule has 3 rings (SSSR count). The van der Waals surface area contributed by atoms with Gasteiger partial charge >= 0.3 is 0 Å². The molecule has 0 aromatic carbocycles. The molecule has 3 heterocycles. The topological polar surface area (TPSA) is 89.1 Å². The van der Waals surface area contributed by atoms with Gasteiger partial charge < -0.3 is 15.6 Å². The van der Waals surface area contributed by atoms with Crippen molar-refractivity contribution in [2.24, 2.45) is 7.05 Å². The van der Waals surface area contributed by atoms with Gasteiger partial charge in [-0.2, -0.15) is 0 Å². The Kier molecular flexibility index (Phi) is 4.80. The number of likely N-dealkylation sites (tertiary alicyclic amines) is 1. The zero-order chi connectivity index (χ0) is 17.1. The number of carbonyl (C=O) groups excluding carboxylic acids is 1. The van der Waals surface area contributed by atoms with E-state index < -0.39 is 0 Å². The summed E-state index contributed by atoms with van der Waals surface area (Å²) in [6.45, 7) is 1.65. The Morgan fingerprint density at radius 2 is 2.21 bits per heavy atom. The second-order valence-corrected chi connectivity index (χ2v) is 6.16. The van der Waals surface area contributed by atoms with E-state index in [-0.39, 0.29) is 11.9 Å². The molecule has 0 radical (unpaired) electrons. The quantitative estimate of drug-likeness (QED) is 0.887. The third-order valence-corrected chi connectivity index (χ3v) is 4.65. The number of anilines is 1. The smallest absolute Gasteiger partial charge is 0.267 e. The Hall–Kier alpha value is -2.41. The van der Waals surface area contributed by atoms with Crippen LogP contribution in [0.2, 0.25) is 0 Å². The van der Waals surface area contributed by atoms with E-state index in [2.05, 4.69) is 20.2 Å². The lowest BCUT2D eigenvalue weighted by Crippen LogP contribution is -2.35. The van der Waals surface area contributed by atoms with Gasteiger partial charge in [-0.05, 0) is 37.6 Å². The van der Waals surface area contributed by atoms with Crippen molar-refractivity contribution < 1.29 is 4.79 Å². The zero-order valence-electron chi connectivity index (χ0n) is 14.2. The monoisotopic (exact) mass is 328 g/mol. The highest BCUT2D eigenvalue weighted by molar-refractivity contribution is 5.92. The van der Waals surface area contributed by atoms with Crippen LogP contribution >= 0.6 is 0 Å². The molecule has 3 N–H and O–H groups in total. The highest BCUT2D eigenvalue weighted by atomic mass is 16.1. The first-order valence-electron chi connectivity index (χ1n) is 8.29. The van der Waals surface area contributed by atoms with E-state index in [0.717, 1.165) is 30.9 Å². The summed E-state index contributed by atoms with van der Waals surface area (Å²) in [6, 6.07) is 5.89. The maximum absolute atomic E-state index is 12.0. The van der Waals surface area contributed by atoms with Crippen LogP contribution in [0.3, 0.4) is 0 Å². The van der Waals surface area contributed by atoms with Gasteiger partial charge in [0, 0.05) is 26.0 Å². The van der Waals surface area contributed by atoms with Crippen molar-refractivity contribution in [3.63, 3.8) is 0 Å². The fourth-order valence-corrected chi connectivity index (χ4v) is 3.41. The number of hydrogen-bond donors (Lipinski definition) is 2. The van der Waals surface area contributed by atoms with E-state index in [9.17, 15) is 4.79 Å². The lowest BCUT2D eigenvalue weighted by molar-refractivity contribution is 0.0952. The fourth-order valence-electron chi connectivity index (χ4n) is 3.41. The number of nitrogens with zero attached hydrogens (tertiary/aromatic N) is 4. The van der Waals surface area contributed by atoms with E-state index >= 15 is 0 Å². The molecule has 0 spiro atoms. The number of carbonyl (C=O) groups is 1. The molecule has 7 heteroatoms. The Morgan fingerprint density at radius 1 is 1.38 bits per heavy atom. The Labute approximate surface area is 141 Å². The summed E-state index contributed by atoms with van der Waals surface area (Å²) in [6.07, 6.45) is 5.10. The molecule has 1 atom stereocenters. The summed E-state index contributed by atoms with van der Waals surface area (Å²) in [5.41, 5.74) is 7.60. The molecule has 1 aliphatic heterocycles. The molecular formula is C17H24N6O. The Balaban J connectivity index is 1.85. The normalized spacial score (nSPS) is 18.5. The average Bonchev–Trinajstić information content (AvgIpc) is 2.96. The summed E-state index contributed by atoms with van der Waals surface area (Å²) in [7, 11) is 3.60. The van der Waals surface area contributed by atoms with Crippen LogP contribution in [0.1, 0.15) is 47.3 Å². The molecular weight excluding hydrogens is 304 g/mol. The fraction of sp³-hybridized carbons (Fsp3) is 0.471. The maximum atomic E-state index is 12.0. The summed E-state index contributed by atoms with van der Waals surface area (Å²) in [5, 5.41) is 2.69. The van der Waals surface area contributed by atoms with Crippen LogP contribution in [0.5, 0.6) is 0 Å². The number of aromatic nitrogens is 3. The number of piperidine rings is 1. The first kappa shape index (κ1) is 16.4. The van der Waals surface area contributed by atoms with Gasteiger partial charge in [-0.3, -0.25) is 9.69 Å². The minimum Gasteiger partial charge on any atom is -0.384 e. The van der Waals surface area contributed by atoms with E-state index in [0.29, 0.717) is 18.1 Å². The van der Waals surface area contributed by atoms with Crippen molar-refractivity contribution >= 4 is 11.7 Å². The van der Waals surface area contributed by atoms with Gasteiger partial charge in [0.05, 0.1) is 12.6 Å². The maximum Gasteiger partial charge on any atom is 0.267 e. The number of nitrogens with one attached hydrogen (secondary N) is 1. The predicted molar refractivity (Wildman–Crippen MR) is 92.2 cm³/mol. The van der Waals surface area contributed by atoms with Crippen LogP contribution in [-0.2, 0) is 13.6 Å². The van der Waals surface area contributed by atoms with E-state index in [4.69, 9.17) is 5.73 Å². The van der Waals surface area contributed by atoms with Gasteiger partial charge in [0.2, 0.25) is 0 Å². The largest absolute Gasteiger partial charge is 0.384 e. The number of nitrogens with two attached hydrogens (primary N) is 1. The molecule has 0 unspecified atom stereocenters. The molecule has 128 valence electrons. The van der Waals surface area contributed by atoms with Gasteiger partial charge in [0.25, 0.3) is 5.91 Å². The number of amides is 1. The number of hydrogen-bond acceptors (Lipinski definition) is 5. The van der Waals surface area contributed by atoms with Crippen molar-refractivity contribution in [1.82, 2.24) is 24.8 Å². The van der Waals surface area contributed by atoms with Crippen molar-refractivity contribution in [1.29, 1.82) is 0 Å². The highest BCUT2D eigenvalue weighted by Crippen LogP contribution is 2.32. The van der Waals surface area contributed by atoms with Crippen molar-refractivity contribution in [2.75, 3.05) is 19.3 Å². The van der Waals surface area contributed by atoms with Crippen molar-refractivity contribution in [3.05, 3.63) is 41.6 Å². The molecule has 0 saturated carbocycles. The molecule has 1 saturated heterocycles. The first-order chi connectivity index (χ1) is 11.6. The van der Waals surface area contributed by atoms with Gasteiger partial charge in [-0.1, -0.05) is 6.42 Å². The standard InChI is InChI=1S/C17H24N6O/c1-19-17(24)14-7-6-12(22(14)2)13-5-3-4-10-23(13)11-16-20-9-8-15(18)21-16/h6-9,13H,3-5,10-11H2,1-2H3,(H,19,24)(H2,18,20,21)/t13-/m1/s1. The third-order valence-electron chi connectivity index (χ3n) is 4.65. The van der Waals surface area contributed by atoms with Gasteiger partial charge in [-0.15, -0.1) is 0 Å². The zero-order valence-corrected chi connectivity index (χ0v) is 14.2. The lowest BCUT2D eigenvalue weighted by atomic mass is 9.99. The van der Waals surface area contributed by atoms with Gasteiger partial charge in [0.15, 0.2) is 0 Å². The van der Waals surface area contributed by atoms with Crippen molar-refractivity contribution in [2.45, 2.75) is 31.8 Å². The van der Waals surface area contributed by atoms with E-state index in [1.807, 2.05) is 23.7 Å². The first-order valence-corrected chi connectivity index (χ1v) is 8.29. The summed E-state index contributed by atoms with van der Waals surface area (Å²) in [4.78, 5) is 23.0. The molecule has 24 heavy (non-hydrogen) atoms. The van der Waals surface area contributed by atoms with Crippen LogP contribution in [0.15, 0.2) is 24.4 Å². The number of rotatable bonds is 4. The number of nitrogen functional groups attached to an aromatic ring is 1. The third kappa shape index (κ3) is 3.26. The lowest BCUT2D eigenvalue weighted by Gasteiger charge is -2.35. The molecule has 1 amide bonds. The van der Waals surface area contributed by atoms with Crippen LogP contribution < -0.4 is 11.1 Å². The van der Waals surface area contributed by atoms with Gasteiger partial charge in [-0.25, -0.2) is 9.97 Å². The summed E-state index contributed by atoms with van der Waals surface area (Å²) >= 11 is 0.